The second-order valence-corrected chi connectivity index (χ2v) is 21.2. The van der Waals surface area contributed by atoms with E-state index >= 15 is 0 Å². The number of phosphoric acid groups is 1. The van der Waals surface area contributed by atoms with Crippen molar-refractivity contribution in [3.63, 3.8) is 0 Å². The molecule has 3 atom stereocenters. The van der Waals surface area contributed by atoms with E-state index in [9.17, 15) is 28.9 Å². The number of carbonyl (C=O) groups excluding carboxylic acids is 3. The molecule has 0 bridgehead atoms. The van der Waals surface area contributed by atoms with Gasteiger partial charge in [-0.1, -0.05) is 235 Å². The lowest BCUT2D eigenvalue weighted by molar-refractivity contribution is -0.161. The zero-order valence-electron chi connectivity index (χ0n) is 47.3. The molecule has 2 N–H and O–H groups in total. The summed E-state index contributed by atoms with van der Waals surface area (Å²) >= 11 is 0. The van der Waals surface area contributed by atoms with Crippen molar-refractivity contribution in [2.24, 2.45) is 0 Å². The van der Waals surface area contributed by atoms with Crippen LogP contribution in [0.4, 0.5) is 0 Å². The summed E-state index contributed by atoms with van der Waals surface area (Å²) in [6, 6.07) is 0. The third kappa shape index (κ3) is 53.7. The molecular formula is C62H109O11P. The Morgan fingerprint density at radius 1 is 0.392 bits per heavy atom. The molecule has 3 unspecified atom stereocenters. The number of ether oxygens (including phenoxy) is 3. The van der Waals surface area contributed by atoms with Crippen molar-refractivity contribution in [1.29, 1.82) is 0 Å². The average Bonchev–Trinajstić information content (AvgIpc) is 3.39. The fraction of sp³-hybridized carbons (Fsp3) is 0.758. The number of hydrogen-bond donors (Lipinski definition) is 2. The van der Waals surface area contributed by atoms with Crippen LogP contribution in [0.3, 0.4) is 0 Å². The van der Waals surface area contributed by atoms with E-state index in [2.05, 4.69) is 93.7 Å². The maximum Gasteiger partial charge on any atom is 0.472 e. The number of aliphatic hydroxyl groups is 1. The first-order valence-corrected chi connectivity index (χ1v) is 31.3. The third-order valence-electron chi connectivity index (χ3n) is 12.6. The molecular weight excluding hydrogens is 952 g/mol. The Hall–Kier alpha value is -3.08. The highest BCUT2D eigenvalue weighted by molar-refractivity contribution is 7.47. The highest BCUT2D eigenvalue weighted by Gasteiger charge is 2.28. The topological polar surface area (TPSA) is 155 Å². The van der Waals surface area contributed by atoms with Crippen LogP contribution < -0.4 is 0 Å². The maximum atomic E-state index is 12.9. The van der Waals surface area contributed by atoms with Gasteiger partial charge in [0, 0.05) is 19.3 Å². The van der Waals surface area contributed by atoms with Gasteiger partial charge in [-0.2, -0.15) is 0 Å². The van der Waals surface area contributed by atoms with E-state index in [0.29, 0.717) is 19.3 Å². The highest BCUT2D eigenvalue weighted by Crippen LogP contribution is 2.43. The van der Waals surface area contributed by atoms with Crippen LogP contribution >= 0.6 is 7.82 Å². The van der Waals surface area contributed by atoms with E-state index in [1.165, 1.54) is 96.3 Å². The molecule has 0 aromatic heterocycles. The van der Waals surface area contributed by atoms with Crippen LogP contribution in [0.15, 0.2) is 72.9 Å². The number of unbranched alkanes of at least 4 members (excludes halogenated alkanes) is 26. The molecule has 0 saturated heterocycles. The Morgan fingerprint density at radius 2 is 0.716 bits per heavy atom. The zero-order chi connectivity index (χ0) is 54.1. The van der Waals surface area contributed by atoms with Gasteiger partial charge in [-0.15, -0.1) is 0 Å². The number of hydrogen-bond acceptors (Lipinski definition) is 10. The number of aliphatic hydroxyl groups excluding tert-OH is 1. The molecule has 0 aromatic rings. The van der Waals surface area contributed by atoms with Crippen molar-refractivity contribution in [1.82, 2.24) is 0 Å². The Morgan fingerprint density at radius 3 is 1.15 bits per heavy atom. The first kappa shape index (κ1) is 70.9. The van der Waals surface area contributed by atoms with Crippen LogP contribution in [0.2, 0.25) is 0 Å². The molecule has 12 heteroatoms. The van der Waals surface area contributed by atoms with Gasteiger partial charge in [0.15, 0.2) is 6.10 Å². The van der Waals surface area contributed by atoms with Gasteiger partial charge in [0.05, 0.1) is 19.8 Å². The van der Waals surface area contributed by atoms with Crippen LogP contribution in [0.1, 0.15) is 265 Å². The first-order valence-electron chi connectivity index (χ1n) is 29.8. The van der Waals surface area contributed by atoms with Crippen LogP contribution in [0.5, 0.6) is 0 Å². The smallest absolute Gasteiger partial charge is 0.462 e. The fourth-order valence-electron chi connectivity index (χ4n) is 8.07. The molecule has 0 amide bonds. The second kappa shape index (κ2) is 56.1. The highest BCUT2D eigenvalue weighted by atomic mass is 31.2. The van der Waals surface area contributed by atoms with Gasteiger partial charge in [0.2, 0.25) is 0 Å². The van der Waals surface area contributed by atoms with Crippen molar-refractivity contribution in [3.8, 4) is 0 Å². The van der Waals surface area contributed by atoms with Gasteiger partial charge in [0.1, 0.15) is 12.7 Å². The Labute approximate surface area is 452 Å². The van der Waals surface area contributed by atoms with Crippen molar-refractivity contribution in [2.45, 2.75) is 277 Å². The molecule has 0 aliphatic heterocycles. The predicted octanol–water partition coefficient (Wildman–Crippen LogP) is 17.7. The van der Waals surface area contributed by atoms with Gasteiger partial charge < -0.3 is 24.2 Å². The number of allylic oxidation sites excluding steroid dienone is 12. The van der Waals surface area contributed by atoms with Gasteiger partial charge in [-0.3, -0.25) is 23.4 Å². The number of carbonyl (C=O) groups is 3. The van der Waals surface area contributed by atoms with Crippen molar-refractivity contribution in [2.75, 3.05) is 26.4 Å². The minimum Gasteiger partial charge on any atom is -0.462 e. The second-order valence-electron chi connectivity index (χ2n) is 19.8. The van der Waals surface area contributed by atoms with Gasteiger partial charge in [-0.25, -0.2) is 4.57 Å². The first-order chi connectivity index (χ1) is 36.2. The molecule has 11 nitrogen and oxygen atoms in total. The van der Waals surface area contributed by atoms with Crippen LogP contribution in [-0.2, 0) is 42.2 Å². The average molecular weight is 1060 g/mol. The number of phosphoric ester groups is 1. The largest absolute Gasteiger partial charge is 0.472 e. The monoisotopic (exact) mass is 1060 g/mol. The van der Waals surface area contributed by atoms with Crippen LogP contribution in [0.25, 0.3) is 0 Å². The van der Waals surface area contributed by atoms with E-state index in [1.54, 1.807) is 0 Å². The lowest BCUT2D eigenvalue weighted by Gasteiger charge is -2.21. The van der Waals surface area contributed by atoms with Crippen molar-refractivity contribution < 1.29 is 52.2 Å². The number of esters is 3. The summed E-state index contributed by atoms with van der Waals surface area (Å²) in [6.07, 6.45) is 62.9. The third-order valence-corrected chi connectivity index (χ3v) is 13.6. The lowest BCUT2D eigenvalue weighted by Crippen LogP contribution is -2.30. The Kier molecular flexibility index (Phi) is 53.8. The summed E-state index contributed by atoms with van der Waals surface area (Å²) in [5, 5.41) is 9.80. The minimum atomic E-state index is -4.76. The lowest BCUT2D eigenvalue weighted by atomic mass is 10.0. The molecule has 428 valence electrons. The van der Waals surface area contributed by atoms with Crippen LogP contribution in [-0.4, -0.2) is 66.5 Å². The molecule has 0 aliphatic rings. The molecule has 0 aliphatic carbocycles. The Balaban J connectivity index is 4.77. The molecule has 0 spiro atoms. The quantitative estimate of drug-likeness (QED) is 0.0197. The van der Waals surface area contributed by atoms with E-state index in [4.69, 9.17) is 23.3 Å². The summed E-state index contributed by atoms with van der Waals surface area (Å²) < 4.78 is 39.5. The van der Waals surface area contributed by atoms with Crippen molar-refractivity contribution >= 4 is 25.7 Å². The Bertz CT molecular complexity index is 1520. The molecule has 0 aromatic carbocycles. The fourth-order valence-corrected chi connectivity index (χ4v) is 8.85. The van der Waals surface area contributed by atoms with Gasteiger partial charge in [-0.05, 0) is 83.5 Å². The maximum absolute atomic E-state index is 12.9. The van der Waals surface area contributed by atoms with E-state index in [0.717, 1.165) is 109 Å². The SMILES string of the molecule is CC/C=C\C/C=C\C/C=C\C/C=C\C/C=C\CCCCCC(=O)OC(COC(=O)CCCCCCCCCCCCCCCCCCC)COP(=O)(O)OCC(CO)OC(=O)CCCCCCC/C=C\CCCC. The van der Waals surface area contributed by atoms with Crippen molar-refractivity contribution in [3.05, 3.63) is 72.9 Å². The summed E-state index contributed by atoms with van der Waals surface area (Å²) in [6.45, 7) is 4.47. The van der Waals surface area contributed by atoms with E-state index < -0.39 is 57.8 Å². The standard InChI is InChI=1S/C62H109O11P/c1-4-7-10-13-16-19-22-24-26-28-29-31-33-35-38-41-44-47-50-53-62(66)73-59(55-69-60(64)51-48-45-42-39-37-34-32-30-27-25-23-20-17-14-11-8-5-2)57-71-74(67,68)70-56-58(54-63)72-61(65)52-49-46-43-40-36-21-18-15-12-9-6-3/h7,10,15-16,18-19,24,26,29,31,35,38,58-59,63H,4-6,8-9,11-14,17,20-23,25,27-28,30,32-34,36-37,39-57H2,1-3H3,(H,67,68)/b10-7-,18-15-,19-16-,26-24-,31-29-,38-35-. The number of rotatable bonds is 55. The minimum absolute atomic E-state index is 0.128. The predicted molar refractivity (Wildman–Crippen MR) is 307 cm³/mol. The molecule has 0 rings (SSSR count). The van der Waals surface area contributed by atoms with Gasteiger partial charge >= 0.3 is 25.7 Å². The van der Waals surface area contributed by atoms with E-state index in [-0.39, 0.29) is 25.9 Å². The van der Waals surface area contributed by atoms with E-state index in [1.807, 2.05) is 0 Å². The normalized spacial score (nSPS) is 13.9. The summed E-state index contributed by atoms with van der Waals surface area (Å²) in [7, 11) is -4.76. The van der Waals surface area contributed by atoms with Gasteiger partial charge in [0.25, 0.3) is 0 Å². The van der Waals surface area contributed by atoms with Crippen LogP contribution in [0, 0.1) is 0 Å². The molecule has 0 heterocycles. The summed E-state index contributed by atoms with van der Waals surface area (Å²) in [5.74, 6) is -1.50. The zero-order valence-corrected chi connectivity index (χ0v) is 48.2. The molecule has 0 radical (unpaired) electrons. The molecule has 0 saturated carbocycles. The summed E-state index contributed by atoms with van der Waals surface area (Å²) in [5.41, 5.74) is 0. The summed E-state index contributed by atoms with van der Waals surface area (Å²) in [4.78, 5) is 48.5. The molecule has 0 fully saturated rings. The molecule has 74 heavy (non-hydrogen) atoms.